The predicted molar refractivity (Wildman–Crippen MR) is 89.4 cm³/mol. The zero-order valence-electron chi connectivity index (χ0n) is 13.2. The molecule has 0 aliphatic heterocycles. The van der Waals surface area contributed by atoms with Gasteiger partial charge in [0.25, 0.3) is 0 Å². The SMILES string of the molecule is Cc1ccc2c(CC(=O)OCc3ccc(C(N)=O)cc3)coc2c1. The minimum atomic E-state index is -0.486. The van der Waals surface area contributed by atoms with Gasteiger partial charge in [-0.1, -0.05) is 24.3 Å². The molecule has 122 valence electrons. The van der Waals surface area contributed by atoms with Crippen molar-refractivity contribution in [2.45, 2.75) is 20.0 Å². The van der Waals surface area contributed by atoms with Crippen LogP contribution in [0.3, 0.4) is 0 Å². The van der Waals surface area contributed by atoms with Gasteiger partial charge in [0, 0.05) is 16.5 Å². The number of carbonyl (C=O) groups is 2. The van der Waals surface area contributed by atoms with Gasteiger partial charge in [-0.3, -0.25) is 9.59 Å². The Kier molecular flexibility index (Phi) is 4.33. The van der Waals surface area contributed by atoms with Crippen molar-refractivity contribution in [2.75, 3.05) is 0 Å². The maximum atomic E-state index is 12.0. The molecule has 3 aromatic rings. The molecule has 0 atom stereocenters. The van der Waals surface area contributed by atoms with Gasteiger partial charge in [-0.15, -0.1) is 0 Å². The number of primary amides is 1. The van der Waals surface area contributed by atoms with Gasteiger partial charge in [-0.25, -0.2) is 0 Å². The molecule has 0 fully saturated rings. The van der Waals surface area contributed by atoms with Crippen LogP contribution in [-0.4, -0.2) is 11.9 Å². The second kappa shape index (κ2) is 6.58. The summed E-state index contributed by atoms with van der Waals surface area (Å²) in [6.45, 7) is 2.13. The Hall–Kier alpha value is -3.08. The molecule has 2 aromatic carbocycles. The quantitative estimate of drug-likeness (QED) is 0.731. The third kappa shape index (κ3) is 3.46. The van der Waals surface area contributed by atoms with Crippen LogP contribution in [0.2, 0.25) is 0 Å². The maximum Gasteiger partial charge on any atom is 0.310 e. The highest BCUT2D eigenvalue weighted by Gasteiger charge is 2.12. The van der Waals surface area contributed by atoms with E-state index in [4.69, 9.17) is 14.9 Å². The van der Waals surface area contributed by atoms with E-state index in [1.54, 1.807) is 30.5 Å². The van der Waals surface area contributed by atoms with E-state index < -0.39 is 5.91 Å². The van der Waals surface area contributed by atoms with Crippen LogP contribution in [0.1, 0.15) is 27.0 Å². The molecule has 1 heterocycles. The summed E-state index contributed by atoms with van der Waals surface area (Å²) in [4.78, 5) is 23.0. The van der Waals surface area contributed by atoms with E-state index in [1.807, 2.05) is 25.1 Å². The standard InChI is InChI=1S/C19H17NO4/c1-12-2-7-16-15(11-23-17(16)8-12)9-18(21)24-10-13-3-5-14(6-4-13)19(20)22/h2-8,11H,9-10H2,1H3,(H2,20,22). The van der Waals surface area contributed by atoms with E-state index in [0.717, 1.165) is 27.7 Å². The number of furan rings is 1. The minimum Gasteiger partial charge on any atom is -0.464 e. The van der Waals surface area contributed by atoms with Crippen LogP contribution < -0.4 is 5.73 Å². The molecule has 3 rings (SSSR count). The van der Waals surface area contributed by atoms with Gasteiger partial charge < -0.3 is 14.9 Å². The van der Waals surface area contributed by atoms with Crippen molar-refractivity contribution in [2.24, 2.45) is 5.73 Å². The van der Waals surface area contributed by atoms with Crippen LogP contribution in [0.15, 0.2) is 53.1 Å². The number of amides is 1. The number of benzene rings is 2. The molecule has 0 saturated heterocycles. The summed E-state index contributed by atoms with van der Waals surface area (Å²) < 4.78 is 10.8. The van der Waals surface area contributed by atoms with Crippen molar-refractivity contribution in [3.8, 4) is 0 Å². The highest BCUT2D eigenvalue weighted by molar-refractivity contribution is 5.92. The van der Waals surface area contributed by atoms with Crippen molar-refractivity contribution in [1.82, 2.24) is 0 Å². The van der Waals surface area contributed by atoms with Gasteiger partial charge in [-0.05, 0) is 36.2 Å². The Balaban J connectivity index is 1.61. The van der Waals surface area contributed by atoms with Crippen molar-refractivity contribution in [3.05, 3.63) is 71.0 Å². The lowest BCUT2D eigenvalue weighted by Crippen LogP contribution is -2.11. The second-order valence-corrected chi connectivity index (χ2v) is 5.66. The van der Waals surface area contributed by atoms with Gasteiger partial charge in [0.2, 0.25) is 5.91 Å². The molecule has 0 aliphatic rings. The number of carbonyl (C=O) groups excluding carboxylic acids is 2. The molecule has 0 bridgehead atoms. The van der Waals surface area contributed by atoms with Crippen LogP contribution in [0.5, 0.6) is 0 Å². The first-order valence-electron chi connectivity index (χ1n) is 7.54. The topological polar surface area (TPSA) is 82.5 Å². The molecule has 0 radical (unpaired) electrons. The van der Waals surface area contributed by atoms with Crippen LogP contribution in [0.25, 0.3) is 11.0 Å². The van der Waals surface area contributed by atoms with E-state index in [9.17, 15) is 9.59 Å². The van der Waals surface area contributed by atoms with Gasteiger partial charge in [0.05, 0.1) is 12.7 Å². The van der Waals surface area contributed by atoms with Gasteiger partial charge in [0.15, 0.2) is 0 Å². The molecule has 5 nitrogen and oxygen atoms in total. The number of nitrogens with two attached hydrogens (primary N) is 1. The zero-order chi connectivity index (χ0) is 17.1. The van der Waals surface area contributed by atoms with Crippen LogP contribution in [0.4, 0.5) is 0 Å². The van der Waals surface area contributed by atoms with Crippen molar-refractivity contribution >= 4 is 22.8 Å². The first-order valence-corrected chi connectivity index (χ1v) is 7.54. The van der Waals surface area contributed by atoms with Crippen molar-refractivity contribution in [1.29, 1.82) is 0 Å². The maximum absolute atomic E-state index is 12.0. The fourth-order valence-corrected chi connectivity index (χ4v) is 2.46. The summed E-state index contributed by atoms with van der Waals surface area (Å²) in [5.41, 5.74) is 9.07. The number of esters is 1. The highest BCUT2D eigenvalue weighted by atomic mass is 16.5. The summed E-state index contributed by atoms with van der Waals surface area (Å²) in [6, 6.07) is 12.5. The van der Waals surface area contributed by atoms with Gasteiger partial charge >= 0.3 is 5.97 Å². The molecule has 24 heavy (non-hydrogen) atoms. The van der Waals surface area contributed by atoms with E-state index >= 15 is 0 Å². The molecule has 0 unspecified atom stereocenters. The smallest absolute Gasteiger partial charge is 0.310 e. The van der Waals surface area contributed by atoms with Crippen molar-refractivity contribution in [3.63, 3.8) is 0 Å². The second-order valence-electron chi connectivity index (χ2n) is 5.66. The fourth-order valence-electron chi connectivity index (χ4n) is 2.46. The summed E-state index contributed by atoms with van der Waals surface area (Å²) in [6.07, 6.45) is 1.74. The molecule has 2 N–H and O–H groups in total. The normalized spacial score (nSPS) is 10.7. The first kappa shape index (κ1) is 15.8. The average Bonchev–Trinajstić information content (AvgIpc) is 2.95. The average molecular weight is 323 g/mol. The lowest BCUT2D eigenvalue weighted by atomic mass is 10.1. The molecule has 0 aliphatic carbocycles. The molecule has 5 heteroatoms. The zero-order valence-corrected chi connectivity index (χ0v) is 13.2. The number of hydrogen-bond acceptors (Lipinski definition) is 4. The van der Waals surface area contributed by atoms with Crippen LogP contribution in [-0.2, 0) is 22.6 Å². The Labute approximate surface area is 139 Å². The third-order valence-electron chi connectivity index (χ3n) is 3.78. The number of hydrogen-bond donors (Lipinski definition) is 1. The lowest BCUT2D eigenvalue weighted by molar-refractivity contribution is -0.144. The lowest BCUT2D eigenvalue weighted by Gasteiger charge is -2.05. The van der Waals surface area contributed by atoms with Crippen molar-refractivity contribution < 1.29 is 18.7 Å². The third-order valence-corrected chi connectivity index (χ3v) is 3.78. The van der Waals surface area contributed by atoms with Gasteiger partial charge in [-0.2, -0.15) is 0 Å². The summed E-state index contributed by atoms with van der Waals surface area (Å²) >= 11 is 0. The summed E-state index contributed by atoms with van der Waals surface area (Å²) in [7, 11) is 0. The molecule has 1 aromatic heterocycles. The van der Waals surface area contributed by atoms with E-state index in [2.05, 4.69) is 0 Å². The highest BCUT2D eigenvalue weighted by Crippen LogP contribution is 2.23. The minimum absolute atomic E-state index is 0.146. The fraction of sp³-hybridized carbons (Fsp3) is 0.158. The Bertz CT molecular complexity index is 893. The Morgan fingerprint density at radius 3 is 2.58 bits per heavy atom. The van der Waals surface area contributed by atoms with E-state index in [1.165, 1.54) is 0 Å². The summed E-state index contributed by atoms with van der Waals surface area (Å²) in [5.74, 6) is -0.821. The summed E-state index contributed by atoms with van der Waals surface area (Å²) in [5, 5.41) is 0.920. The van der Waals surface area contributed by atoms with E-state index in [0.29, 0.717) is 5.56 Å². The van der Waals surface area contributed by atoms with Crippen LogP contribution >= 0.6 is 0 Å². The molecule has 1 amide bonds. The number of aryl methyl sites for hydroxylation is 1. The van der Waals surface area contributed by atoms with E-state index in [-0.39, 0.29) is 19.0 Å². The number of rotatable bonds is 5. The predicted octanol–water partition coefficient (Wildman–Crippen LogP) is 3.13. The Morgan fingerprint density at radius 1 is 1.12 bits per heavy atom. The van der Waals surface area contributed by atoms with Crippen LogP contribution in [0, 0.1) is 6.92 Å². The van der Waals surface area contributed by atoms with Gasteiger partial charge in [0.1, 0.15) is 12.2 Å². The number of fused-ring (bicyclic) bond motifs is 1. The monoisotopic (exact) mass is 323 g/mol. The molecular formula is C19H17NO4. The number of ether oxygens (including phenoxy) is 1. The molecule has 0 saturated carbocycles. The Morgan fingerprint density at radius 2 is 1.88 bits per heavy atom. The first-order chi connectivity index (χ1) is 11.5. The molecular weight excluding hydrogens is 306 g/mol. The molecule has 0 spiro atoms. The largest absolute Gasteiger partial charge is 0.464 e.